The number of sulfonamides is 1. The Bertz CT molecular complexity index is 1150. The second-order valence-electron chi connectivity index (χ2n) is 6.52. The Morgan fingerprint density at radius 1 is 0.882 bits per heavy atom. The molecule has 0 amide bonds. The number of esters is 2. The highest BCUT2D eigenvalue weighted by Crippen LogP contribution is 2.35. The van der Waals surface area contributed by atoms with Crippen LogP contribution in [0.15, 0.2) is 35.7 Å². The minimum absolute atomic E-state index is 0.0673. The Morgan fingerprint density at radius 2 is 1.50 bits per heavy atom. The van der Waals surface area contributed by atoms with E-state index in [2.05, 4.69) is 9.46 Å². The van der Waals surface area contributed by atoms with Crippen LogP contribution < -0.4 is 28.4 Å². The van der Waals surface area contributed by atoms with Gasteiger partial charge in [0.2, 0.25) is 0 Å². The lowest BCUT2D eigenvalue weighted by Gasteiger charge is -2.13. The number of carbonyl (C=O) groups excluding carboxylic acids is 2. The molecule has 0 heterocycles. The van der Waals surface area contributed by atoms with Crippen LogP contribution in [0.25, 0.3) is 6.08 Å². The fourth-order valence-corrected chi connectivity index (χ4v) is 3.52. The quantitative estimate of drug-likeness (QED) is 0.366. The summed E-state index contributed by atoms with van der Waals surface area (Å²) in [6, 6.07) is 7.25. The zero-order valence-corrected chi connectivity index (χ0v) is 20.1. The molecule has 0 aliphatic heterocycles. The van der Waals surface area contributed by atoms with Crippen LogP contribution in [0.4, 0.5) is 5.69 Å². The highest BCUT2D eigenvalue weighted by Gasteiger charge is 2.16. The number of hydrogen-bond donors (Lipinski definition) is 1. The molecule has 0 spiro atoms. The Morgan fingerprint density at radius 3 is 2.03 bits per heavy atom. The average molecular weight is 496 g/mol. The number of ether oxygens (including phenoxy) is 6. The molecule has 0 unspecified atom stereocenters. The van der Waals surface area contributed by atoms with Crippen molar-refractivity contribution in [3.63, 3.8) is 0 Å². The van der Waals surface area contributed by atoms with E-state index in [0.717, 1.165) is 12.3 Å². The maximum Gasteiger partial charge on any atom is 0.349 e. The predicted molar refractivity (Wildman–Crippen MR) is 123 cm³/mol. The summed E-state index contributed by atoms with van der Waals surface area (Å²) in [5.74, 6) is -0.261. The first-order chi connectivity index (χ1) is 16.1. The molecule has 2 rings (SSSR count). The molecule has 0 bridgehead atoms. The van der Waals surface area contributed by atoms with Crippen LogP contribution in [0.2, 0.25) is 0 Å². The third kappa shape index (κ3) is 7.30. The van der Waals surface area contributed by atoms with Crippen molar-refractivity contribution in [3.05, 3.63) is 41.3 Å². The molecule has 0 aliphatic carbocycles. The number of rotatable bonds is 11. The number of benzene rings is 2. The summed E-state index contributed by atoms with van der Waals surface area (Å²) < 4.78 is 58.3. The largest absolute Gasteiger partial charge is 0.496 e. The van der Waals surface area contributed by atoms with E-state index in [1.165, 1.54) is 52.7 Å². The van der Waals surface area contributed by atoms with Gasteiger partial charge in [-0.05, 0) is 18.2 Å². The van der Waals surface area contributed by atoms with Gasteiger partial charge in [-0.25, -0.2) is 13.2 Å². The SMILES string of the molecule is COc1cc(OC)c(C=CS(=O)(=O)Nc2ccc(OC)c(OC(=O)COC(C)=O)c2)c(OC)c1. The summed E-state index contributed by atoms with van der Waals surface area (Å²) in [5, 5.41) is 0.927. The standard InChI is InChI=1S/C22H25NO10S/c1-14(24)32-13-22(25)33-21-10-15(6-7-18(21)29-3)23-34(26,27)9-8-17-19(30-4)11-16(28-2)12-20(17)31-5/h6-12,23H,13H2,1-5H3. The molecule has 184 valence electrons. The summed E-state index contributed by atoms with van der Waals surface area (Å²) in [6.07, 6.45) is 1.31. The number of nitrogens with one attached hydrogen (secondary N) is 1. The average Bonchev–Trinajstić information content (AvgIpc) is 2.80. The normalized spacial score (nSPS) is 11.0. The van der Waals surface area contributed by atoms with Crippen molar-refractivity contribution in [2.45, 2.75) is 6.92 Å². The second kappa shape index (κ2) is 11.8. The minimum atomic E-state index is -4.01. The van der Waals surface area contributed by atoms with E-state index in [1.54, 1.807) is 12.1 Å². The summed E-state index contributed by atoms with van der Waals surface area (Å²) >= 11 is 0. The van der Waals surface area contributed by atoms with E-state index < -0.39 is 28.6 Å². The Balaban J connectivity index is 2.27. The number of anilines is 1. The van der Waals surface area contributed by atoms with Gasteiger partial charge in [-0.3, -0.25) is 9.52 Å². The molecule has 0 radical (unpaired) electrons. The smallest absolute Gasteiger partial charge is 0.349 e. The zero-order valence-electron chi connectivity index (χ0n) is 19.2. The van der Waals surface area contributed by atoms with Crippen LogP contribution >= 0.6 is 0 Å². The fourth-order valence-electron chi connectivity index (χ4n) is 2.69. The summed E-state index contributed by atoms with van der Waals surface area (Å²) in [7, 11) is 1.68. The third-order valence-corrected chi connectivity index (χ3v) is 5.22. The van der Waals surface area contributed by atoms with Gasteiger partial charge < -0.3 is 28.4 Å². The molecule has 0 fully saturated rings. The lowest BCUT2D eigenvalue weighted by molar-refractivity contribution is -0.152. The van der Waals surface area contributed by atoms with Gasteiger partial charge in [0, 0.05) is 25.1 Å². The molecule has 11 nitrogen and oxygen atoms in total. The highest BCUT2D eigenvalue weighted by atomic mass is 32.2. The highest BCUT2D eigenvalue weighted by molar-refractivity contribution is 7.95. The van der Waals surface area contributed by atoms with Crippen molar-refractivity contribution < 1.29 is 46.4 Å². The van der Waals surface area contributed by atoms with Crippen molar-refractivity contribution in [2.75, 3.05) is 39.8 Å². The first kappa shape index (κ1) is 26.3. The van der Waals surface area contributed by atoms with Crippen molar-refractivity contribution in [1.82, 2.24) is 0 Å². The minimum Gasteiger partial charge on any atom is -0.496 e. The van der Waals surface area contributed by atoms with Crippen LogP contribution in [-0.2, 0) is 24.3 Å². The Kier molecular flexibility index (Phi) is 9.13. The zero-order chi connectivity index (χ0) is 25.3. The molecule has 0 aliphatic rings. The van der Waals surface area contributed by atoms with E-state index >= 15 is 0 Å². The molecule has 0 saturated carbocycles. The molecule has 2 aromatic rings. The van der Waals surface area contributed by atoms with Gasteiger partial charge in [0.1, 0.15) is 17.2 Å². The van der Waals surface area contributed by atoms with E-state index in [4.69, 9.17) is 23.7 Å². The first-order valence-electron chi connectivity index (χ1n) is 9.65. The maximum absolute atomic E-state index is 12.7. The van der Waals surface area contributed by atoms with Gasteiger partial charge in [0.15, 0.2) is 18.1 Å². The summed E-state index contributed by atoms with van der Waals surface area (Å²) in [4.78, 5) is 22.7. The lowest BCUT2D eigenvalue weighted by Crippen LogP contribution is -2.18. The molecule has 2 aromatic carbocycles. The number of hydrogen-bond acceptors (Lipinski definition) is 10. The van der Waals surface area contributed by atoms with E-state index in [1.807, 2.05) is 0 Å². The van der Waals surface area contributed by atoms with Crippen LogP contribution in [-0.4, -0.2) is 55.4 Å². The van der Waals surface area contributed by atoms with E-state index in [9.17, 15) is 18.0 Å². The van der Waals surface area contributed by atoms with Crippen LogP contribution in [0.1, 0.15) is 12.5 Å². The molecule has 1 N–H and O–H groups in total. The molecule has 0 atom stereocenters. The van der Waals surface area contributed by atoms with Gasteiger partial charge >= 0.3 is 11.9 Å². The molecular formula is C22H25NO10S. The van der Waals surface area contributed by atoms with Gasteiger partial charge in [-0.15, -0.1) is 0 Å². The van der Waals surface area contributed by atoms with Gasteiger partial charge in [-0.2, -0.15) is 0 Å². The Labute approximate surface area is 197 Å². The van der Waals surface area contributed by atoms with E-state index in [0.29, 0.717) is 22.8 Å². The first-order valence-corrected chi connectivity index (χ1v) is 11.2. The van der Waals surface area contributed by atoms with Crippen molar-refractivity contribution in [2.24, 2.45) is 0 Å². The topological polar surface area (TPSA) is 136 Å². The predicted octanol–water partition coefficient (Wildman–Crippen LogP) is 2.60. The number of methoxy groups -OCH3 is 4. The number of carbonyl (C=O) groups is 2. The molecule has 0 aromatic heterocycles. The molecule has 34 heavy (non-hydrogen) atoms. The van der Waals surface area contributed by atoms with Crippen molar-refractivity contribution >= 4 is 33.7 Å². The summed E-state index contributed by atoms with van der Waals surface area (Å²) in [6.45, 7) is 0.538. The summed E-state index contributed by atoms with van der Waals surface area (Å²) in [5.41, 5.74) is 0.473. The van der Waals surface area contributed by atoms with Crippen molar-refractivity contribution in [1.29, 1.82) is 0 Å². The molecular weight excluding hydrogens is 470 g/mol. The maximum atomic E-state index is 12.7. The fraction of sp³-hybridized carbons (Fsp3) is 0.273. The third-order valence-electron chi connectivity index (χ3n) is 4.21. The van der Waals surface area contributed by atoms with Crippen LogP contribution in [0.5, 0.6) is 28.7 Å². The second-order valence-corrected chi connectivity index (χ2v) is 8.08. The van der Waals surface area contributed by atoms with E-state index in [-0.39, 0.29) is 17.2 Å². The van der Waals surface area contributed by atoms with Gasteiger partial charge in [-0.1, -0.05) is 0 Å². The van der Waals surface area contributed by atoms with Gasteiger partial charge in [0.05, 0.1) is 45.1 Å². The molecule has 12 heteroatoms. The van der Waals surface area contributed by atoms with Gasteiger partial charge in [0.25, 0.3) is 10.0 Å². The Hall–Kier alpha value is -3.93. The molecule has 0 saturated heterocycles. The van der Waals surface area contributed by atoms with Crippen LogP contribution in [0, 0.1) is 0 Å². The van der Waals surface area contributed by atoms with Crippen molar-refractivity contribution in [3.8, 4) is 28.7 Å². The van der Waals surface area contributed by atoms with Crippen LogP contribution in [0.3, 0.4) is 0 Å². The lowest BCUT2D eigenvalue weighted by atomic mass is 10.1. The monoisotopic (exact) mass is 495 g/mol.